The second kappa shape index (κ2) is 7.64. The van der Waals surface area contributed by atoms with E-state index in [1.807, 2.05) is 13.2 Å². The molecule has 0 amide bonds. The first-order chi connectivity index (χ1) is 12.1. The highest BCUT2D eigenvalue weighted by Crippen LogP contribution is 2.36. The lowest BCUT2D eigenvalue weighted by Crippen LogP contribution is -2.17. The standard InChI is InChI=1S/C16H19N3O5S/c1-10(24-11-3-4-12-13(7-11)23-9-22-12)16-17-14(5-6-25-2)18-19(16)8-15(20)21/h3-4,7,10H,5-6,8-9H2,1-2H3,(H,20,21)/t10-/m1/s1. The van der Waals surface area contributed by atoms with E-state index in [2.05, 4.69) is 10.1 Å². The number of ether oxygens (including phenoxy) is 3. The fourth-order valence-corrected chi connectivity index (χ4v) is 2.84. The molecule has 3 rings (SSSR count). The van der Waals surface area contributed by atoms with Crippen LogP contribution in [0.3, 0.4) is 0 Å². The van der Waals surface area contributed by atoms with Gasteiger partial charge in [0.05, 0.1) is 0 Å². The first-order valence-electron chi connectivity index (χ1n) is 7.77. The fourth-order valence-electron chi connectivity index (χ4n) is 2.45. The Hall–Kier alpha value is -2.42. The average molecular weight is 365 g/mol. The largest absolute Gasteiger partial charge is 0.483 e. The zero-order chi connectivity index (χ0) is 17.8. The van der Waals surface area contributed by atoms with Crippen molar-refractivity contribution >= 4 is 17.7 Å². The molecule has 0 saturated carbocycles. The molecule has 1 aliphatic heterocycles. The predicted molar refractivity (Wildman–Crippen MR) is 91.4 cm³/mol. The molecule has 0 unspecified atom stereocenters. The summed E-state index contributed by atoms with van der Waals surface area (Å²) < 4.78 is 17.9. The monoisotopic (exact) mass is 365 g/mol. The number of aryl methyl sites for hydroxylation is 1. The van der Waals surface area contributed by atoms with Crippen molar-refractivity contribution in [1.82, 2.24) is 14.8 Å². The number of aliphatic carboxylic acids is 1. The van der Waals surface area contributed by atoms with Gasteiger partial charge in [-0.05, 0) is 25.3 Å². The van der Waals surface area contributed by atoms with Crippen LogP contribution in [0.15, 0.2) is 18.2 Å². The highest BCUT2D eigenvalue weighted by atomic mass is 32.2. The summed E-state index contributed by atoms with van der Waals surface area (Å²) in [5.41, 5.74) is 0. The van der Waals surface area contributed by atoms with Gasteiger partial charge in [-0.3, -0.25) is 4.79 Å². The van der Waals surface area contributed by atoms with Gasteiger partial charge in [0.2, 0.25) is 6.79 Å². The normalized spacial score (nSPS) is 13.7. The van der Waals surface area contributed by atoms with Crippen LogP contribution in [0.25, 0.3) is 0 Å². The third kappa shape index (κ3) is 4.16. The van der Waals surface area contributed by atoms with E-state index < -0.39 is 12.1 Å². The maximum atomic E-state index is 11.1. The molecule has 2 aromatic rings. The van der Waals surface area contributed by atoms with Crippen LogP contribution >= 0.6 is 11.8 Å². The van der Waals surface area contributed by atoms with Crippen LogP contribution in [-0.2, 0) is 17.8 Å². The van der Waals surface area contributed by atoms with Crippen molar-refractivity contribution in [2.24, 2.45) is 0 Å². The molecule has 1 aliphatic rings. The molecule has 8 nitrogen and oxygen atoms in total. The van der Waals surface area contributed by atoms with Gasteiger partial charge >= 0.3 is 5.97 Å². The molecule has 25 heavy (non-hydrogen) atoms. The minimum atomic E-state index is -0.974. The van der Waals surface area contributed by atoms with Gasteiger partial charge in [0.15, 0.2) is 29.3 Å². The van der Waals surface area contributed by atoms with Gasteiger partial charge in [-0.2, -0.15) is 16.9 Å². The van der Waals surface area contributed by atoms with Crippen molar-refractivity contribution in [3.05, 3.63) is 29.8 Å². The van der Waals surface area contributed by atoms with E-state index in [0.29, 0.717) is 35.3 Å². The first kappa shape index (κ1) is 17.4. The SMILES string of the molecule is CSCCc1nc([C@@H](C)Oc2ccc3c(c2)OCO3)n(CC(=O)O)n1. The number of nitrogens with zero attached hydrogens (tertiary/aromatic N) is 3. The van der Waals surface area contributed by atoms with E-state index in [-0.39, 0.29) is 13.3 Å². The number of fused-ring (bicyclic) bond motifs is 1. The molecule has 1 aromatic carbocycles. The molecular formula is C16H19N3O5S. The number of carboxylic acids is 1. The van der Waals surface area contributed by atoms with Crippen molar-refractivity contribution < 1.29 is 24.1 Å². The van der Waals surface area contributed by atoms with Crippen molar-refractivity contribution in [1.29, 1.82) is 0 Å². The number of carbonyl (C=O) groups is 1. The van der Waals surface area contributed by atoms with Crippen LogP contribution in [-0.4, -0.2) is 44.6 Å². The van der Waals surface area contributed by atoms with E-state index in [1.54, 1.807) is 30.0 Å². The van der Waals surface area contributed by atoms with Crippen LogP contribution in [0.4, 0.5) is 0 Å². The van der Waals surface area contributed by atoms with Crippen molar-refractivity contribution in [2.75, 3.05) is 18.8 Å². The van der Waals surface area contributed by atoms with Crippen LogP contribution in [0.2, 0.25) is 0 Å². The van der Waals surface area contributed by atoms with Gasteiger partial charge in [0.1, 0.15) is 12.3 Å². The maximum absolute atomic E-state index is 11.1. The Labute approximate surface area is 149 Å². The minimum Gasteiger partial charge on any atom is -0.483 e. The molecule has 134 valence electrons. The Morgan fingerprint density at radius 2 is 2.24 bits per heavy atom. The van der Waals surface area contributed by atoms with Gasteiger partial charge in [-0.1, -0.05) is 0 Å². The van der Waals surface area contributed by atoms with Gasteiger partial charge in [0, 0.05) is 18.2 Å². The average Bonchev–Trinajstić information content (AvgIpc) is 3.18. The molecule has 0 spiro atoms. The Balaban J connectivity index is 1.78. The van der Waals surface area contributed by atoms with Gasteiger partial charge in [-0.25, -0.2) is 9.67 Å². The summed E-state index contributed by atoms with van der Waals surface area (Å²) in [6, 6.07) is 5.29. The zero-order valence-corrected chi connectivity index (χ0v) is 14.8. The third-order valence-electron chi connectivity index (χ3n) is 3.58. The summed E-state index contributed by atoms with van der Waals surface area (Å²) in [6.07, 6.45) is 2.22. The number of thioether (sulfide) groups is 1. The molecule has 1 atom stereocenters. The number of rotatable bonds is 8. The predicted octanol–water partition coefficient (Wildman–Crippen LogP) is 2.14. The lowest BCUT2D eigenvalue weighted by Gasteiger charge is -2.14. The Bertz CT molecular complexity index is 764. The van der Waals surface area contributed by atoms with Gasteiger partial charge in [0.25, 0.3) is 0 Å². The van der Waals surface area contributed by atoms with Crippen LogP contribution in [0.5, 0.6) is 17.2 Å². The first-order valence-corrected chi connectivity index (χ1v) is 9.17. The quantitative estimate of drug-likeness (QED) is 0.760. The molecule has 0 fully saturated rings. The Morgan fingerprint density at radius 1 is 1.44 bits per heavy atom. The number of benzene rings is 1. The van der Waals surface area contributed by atoms with Crippen molar-refractivity contribution in [3.63, 3.8) is 0 Å². The van der Waals surface area contributed by atoms with E-state index in [4.69, 9.17) is 19.3 Å². The summed E-state index contributed by atoms with van der Waals surface area (Å²) in [5, 5.41) is 13.4. The molecule has 1 N–H and O–H groups in total. The molecule has 0 bridgehead atoms. The van der Waals surface area contributed by atoms with Crippen molar-refractivity contribution in [3.8, 4) is 17.2 Å². The Kier molecular flexibility index (Phi) is 5.32. The summed E-state index contributed by atoms with van der Waals surface area (Å²) in [6.45, 7) is 1.75. The smallest absolute Gasteiger partial charge is 0.325 e. The van der Waals surface area contributed by atoms with Crippen LogP contribution in [0.1, 0.15) is 24.7 Å². The van der Waals surface area contributed by atoms with Crippen LogP contribution < -0.4 is 14.2 Å². The molecule has 0 radical (unpaired) electrons. The van der Waals surface area contributed by atoms with E-state index in [0.717, 1.165) is 5.75 Å². The fraction of sp³-hybridized carbons (Fsp3) is 0.438. The number of hydrogen-bond acceptors (Lipinski definition) is 7. The Morgan fingerprint density at radius 3 is 3.00 bits per heavy atom. The summed E-state index contributed by atoms with van der Waals surface area (Å²) >= 11 is 1.69. The second-order valence-electron chi connectivity index (χ2n) is 5.46. The number of hydrogen-bond donors (Lipinski definition) is 1. The van der Waals surface area contributed by atoms with Crippen LogP contribution in [0, 0.1) is 0 Å². The molecule has 1 aromatic heterocycles. The highest BCUT2D eigenvalue weighted by Gasteiger charge is 2.21. The molecule has 0 saturated heterocycles. The van der Waals surface area contributed by atoms with E-state index in [9.17, 15) is 4.79 Å². The molecule has 9 heteroatoms. The molecule has 0 aliphatic carbocycles. The summed E-state index contributed by atoms with van der Waals surface area (Å²) in [7, 11) is 0. The van der Waals surface area contributed by atoms with Gasteiger partial charge in [-0.15, -0.1) is 0 Å². The van der Waals surface area contributed by atoms with Gasteiger partial charge < -0.3 is 19.3 Å². The second-order valence-corrected chi connectivity index (χ2v) is 6.44. The third-order valence-corrected chi connectivity index (χ3v) is 4.19. The molecule has 2 heterocycles. The number of carboxylic acid groups (broad SMARTS) is 1. The van der Waals surface area contributed by atoms with E-state index in [1.165, 1.54) is 4.68 Å². The number of aromatic nitrogens is 3. The zero-order valence-electron chi connectivity index (χ0n) is 14.0. The summed E-state index contributed by atoms with van der Waals surface area (Å²) in [4.78, 5) is 15.6. The van der Waals surface area contributed by atoms with Crippen molar-refractivity contribution in [2.45, 2.75) is 26.0 Å². The summed E-state index contributed by atoms with van der Waals surface area (Å²) in [5.74, 6) is 2.88. The maximum Gasteiger partial charge on any atom is 0.325 e. The minimum absolute atomic E-state index is 0.195. The van der Waals surface area contributed by atoms with E-state index >= 15 is 0 Å². The highest BCUT2D eigenvalue weighted by molar-refractivity contribution is 7.98. The molecular weight excluding hydrogens is 346 g/mol. The lowest BCUT2D eigenvalue weighted by molar-refractivity contribution is -0.138. The lowest BCUT2D eigenvalue weighted by atomic mass is 10.3. The topological polar surface area (TPSA) is 95.7 Å².